The van der Waals surface area contributed by atoms with Crippen LogP contribution in [-0.4, -0.2) is 30.0 Å². The van der Waals surface area contributed by atoms with Crippen LogP contribution in [0.4, 0.5) is 9.18 Å². The van der Waals surface area contributed by atoms with Crippen LogP contribution in [0.15, 0.2) is 48.2 Å². The van der Waals surface area contributed by atoms with Crippen molar-refractivity contribution >= 4 is 18.0 Å². The van der Waals surface area contributed by atoms with E-state index in [1.165, 1.54) is 18.1 Å². The van der Waals surface area contributed by atoms with Crippen molar-refractivity contribution in [3.05, 3.63) is 65.1 Å². The monoisotopic (exact) mass is 424 g/mol. The summed E-state index contributed by atoms with van der Waals surface area (Å²) in [6.07, 6.45) is 6.56. The van der Waals surface area contributed by atoms with E-state index in [2.05, 4.69) is 5.32 Å². The number of amides is 3. The van der Waals surface area contributed by atoms with Gasteiger partial charge in [0.2, 0.25) is 0 Å². The molecule has 162 valence electrons. The maximum absolute atomic E-state index is 13.8. The van der Waals surface area contributed by atoms with Gasteiger partial charge in [-0.2, -0.15) is 0 Å². The lowest BCUT2D eigenvalue weighted by molar-refractivity contribution is -0.124. The van der Waals surface area contributed by atoms with Gasteiger partial charge < -0.3 is 14.8 Å². The third-order valence-electron chi connectivity index (χ3n) is 5.69. The van der Waals surface area contributed by atoms with Crippen LogP contribution in [0, 0.1) is 5.82 Å². The highest BCUT2D eigenvalue weighted by Crippen LogP contribution is 2.31. The van der Waals surface area contributed by atoms with Crippen LogP contribution < -0.4 is 14.8 Å². The number of imide groups is 1. The van der Waals surface area contributed by atoms with Crippen LogP contribution in [0.2, 0.25) is 0 Å². The quantitative estimate of drug-likeness (QED) is 0.542. The fourth-order valence-corrected chi connectivity index (χ4v) is 4.05. The van der Waals surface area contributed by atoms with E-state index in [9.17, 15) is 14.0 Å². The lowest BCUT2D eigenvalue weighted by Crippen LogP contribution is -2.41. The van der Waals surface area contributed by atoms with Gasteiger partial charge in [0, 0.05) is 11.6 Å². The number of nitrogens with zero attached hydrogens (tertiary/aromatic N) is 1. The second kappa shape index (κ2) is 9.20. The Labute approximate surface area is 180 Å². The van der Waals surface area contributed by atoms with Crippen molar-refractivity contribution in [2.45, 2.75) is 44.8 Å². The van der Waals surface area contributed by atoms with E-state index in [-0.39, 0.29) is 36.1 Å². The molecular formula is C24H25FN2O4. The number of carbonyl (C=O) groups excluding carboxylic acids is 2. The molecule has 31 heavy (non-hydrogen) atoms. The molecule has 0 unspecified atom stereocenters. The van der Waals surface area contributed by atoms with Gasteiger partial charge >= 0.3 is 6.03 Å². The van der Waals surface area contributed by atoms with Gasteiger partial charge in [-0.05, 0) is 42.7 Å². The average molecular weight is 424 g/mol. The molecule has 0 spiro atoms. The minimum atomic E-state index is -0.361. The van der Waals surface area contributed by atoms with E-state index >= 15 is 0 Å². The first-order chi connectivity index (χ1) is 15.1. The van der Waals surface area contributed by atoms with Gasteiger partial charge in [-0.1, -0.05) is 43.5 Å². The number of urea groups is 1. The van der Waals surface area contributed by atoms with E-state index in [1.54, 1.807) is 42.5 Å². The van der Waals surface area contributed by atoms with Crippen molar-refractivity contribution in [2.75, 3.05) is 7.11 Å². The lowest BCUT2D eigenvalue weighted by Gasteiger charge is -2.28. The molecule has 2 aliphatic rings. The molecule has 6 nitrogen and oxygen atoms in total. The predicted molar refractivity (Wildman–Crippen MR) is 114 cm³/mol. The molecule has 0 bridgehead atoms. The highest BCUT2D eigenvalue weighted by atomic mass is 19.1. The van der Waals surface area contributed by atoms with Crippen molar-refractivity contribution in [3.8, 4) is 11.5 Å². The fourth-order valence-electron chi connectivity index (χ4n) is 4.05. The molecule has 3 amide bonds. The van der Waals surface area contributed by atoms with Gasteiger partial charge in [-0.15, -0.1) is 0 Å². The Morgan fingerprint density at radius 2 is 1.87 bits per heavy atom. The number of halogens is 1. The van der Waals surface area contributed by atoms with Crippen LogP contribution in [0.25, 0.3) is 6.08 Å². The van der Waals surface area contributed by atoms with Crippen molar-refractivity contribution in [3.63, 3.8) is 0 Å². The zero-order chi connectivity index (χ0) is 21.8. The molecular weight excluding hydrogens is 399 g/mol. The number of carbonyl (C=O) groups is 2. The molecule has 2 fully saturated rings. The highest BCUT2D eigenvalue weighted by Gasteiger charge is 2.38. The molecule has 1 heterocycles. The summed E-state index contributed by atoms with van der Waals surface area (Å²) in [6.45, 7) is 0.0639. The van der Waals surface area contributed by atoms with E-state index in [4.69, 9.17) is 9.47 Å². The van der Waals surface area contributed by atoms with E-state index in [0.29, 0.717) is 22.6 Å². The van der Waals surface area contributed by atoms with Crippen LogP contribution in [0.3, 0.4) is 0 Å². The molecule has 7 heteroatoms. The zero-order valence-electron chi connectivity index (χ0n) is 17.4. The summed E-state index contributed by atoms with van der Waals surface area (Å²) >= 11 is 0. The van der Waals surface area contributed by atoms with Crippen molar-refractivity contribution in [1.29, 1.82) is 0 Å². The summed E-state index contributed by atoms with van der Waals surface area (Å²) in [5.41, 5.74) is 1.37. The van der Waals surface area contributed by atoms with Crippen LogP contribution >= 0.6 is 0 Å². The van der Waals surface area contributed by atoms with Crippen LogP contribution in [-0.2, 0) is 11.4 Å². The smallest absolute Gasteiger partial charge is 0.329 e. The lowest BCUT2D eigenvalue weighted by atomic mass is 9.94. The largest absolute Gasteiger partial charge is 0.493 e. The van der Waals surface area contributed by atoms with Crippen molar-refractivity contribution < 1.29 is 23.5 Å². The Morgan fingerprint density at radius 3 is 2.61 bits per heavy atom. The maximum Gasteiger partial charge on any atom is 0.329 e. The number of benzene rings is 2. The Morgan fingerprint density at radius 1 is 1.10 bits per heavy atom. The normalized spacial score (nSPS) is 18.4. The topological polar surface area (TPSA) is 67.9 Å². The van der Waals surface area contributed by atoms with Gasteiger partial charge in [0.1, 0.15) is 18.1 Å². The molecule has 2 aromatic carbocycles. The highest BCUT2D eigenvalue weighted by molar-refractivity contribution is 6.14. The summed E-state index contributed by atoms with van der Waals surface area (Å²) in [7, 11) is 1.51. The first-order valence-corrected chi connectivity index (χ1v) is 10.5. The maximum atomic E-state index is 13.8. The second-order valence-corrected chi connectivity index (χ2v) is 7.75. The van der Waals surface area contributed by atoms with Crippen molar-refractivity contribution in [2.24, 2.45) is 0 Å². The summed E-state index contributed by atoms with van der Waals surface area (Å²) in [6, 6.07) is 11.2. The molecule has 2 aromatic rings. The average Bonchev–Trinajstić information content (AvgIpc) is 3.07. The van der Waals surface area contributed by atoms with E-state index in [1.807, 2.05) is 0 Å². The number of rotatable bonds is 6. The van der Waals surface area contributed by atoms with Gasteiger partial charge in [0.25, 0.3) is 5.91 Å². The third-order valence-corrected chi connectivity index (χ3v) is 5.69. The molecule has 0 radical (unpaired) electrons. The molecule has 1 saturated carbocycles. The molecule has 1 saturated heterocycles. The van der Waals surface area contributed by atoms with E-state index in [0.717, 1.165) is 32.1 Å². The zero-order valence-corrected chi connectivity index (χ0v) is 17.4. The SMILES string of the molecule is COc1cc(/C=C2\NC(=O)N(C3CCCCC3)C2=O)ccc1OCc1ccccc1F. The summed E-state index contributed by atoms with van der Waals surface area (Å²) in [5.74, 6) is 0.279. The Balaban J connectivity index is 1.49. The molecule has 1 N–H and O–H groups in total. The Hall–Kier alpha value is -3.35. The standard InChI is InChI=1S/C24H25FN2O4/c1-30-22-14-16(11-12-21(22)31-15-17-7-5-6-10-19(17)25)13-20-23(28)27(24(29)26-20)18-8-3-2-4-9-18/h5-7,10-14,18H,2-4,8-9,15H2,1H3,(H,26,29)/b20-13-. The molecule has 0 atom stereocenters. The number of nitrogens with one attached hydrogen (secondary N) is 1. The number of hydrogen-bond acceptors (Lipinski definition) is 4. The summed E-state index contributed by atoms with van der Waals surface area (Å²) < 4.78 is 24.9. The van der Waals surface area contributed by atoms with Crippen LogP contribution in [0.1, 0.15) is 43.2 Å². The fraction of sp³-hybridized carbons (Fsp3) is 0.333. The van der Waals surface area contributed by atoms with Crippen LogP contribution in [0.5, 0.6) is 11.5 Å². The predicted octanol–water partition coefficient (Wildman–Crippen LogP) is 4.64. The first-order valence-electron chi connectivity index (χ1n) is 10.5. The minimum absolute atomic E-state index is 0.0316. The Kier molecular flexibility index (Phi) is 6.21. The minimum Gasteiger partial charge on any atom is -0.493 e. The molecule has 4 rings (SSSR count). The van der Waals surface area contributed by atoms with E-state index < -0.39 is 0 Å². The van der Waals surface area contributed by atoms with Gasteiger partial charge in [-0.25, -0.2) is 9.18 Å². The first kappa shape index (κ1) is 20.9. The molecule has 0 aromatic heterocycles. The second-order valence-electron chi connectivity index (χ2n) is 7.75. The third kappa shape index (κ3) is 4.55. The van der Waals surface area contributed by atoms with Crippen molar-refractivity contribution in [1.82, 2.24) is 10.2 Å². The van der Waals surface area contributed by atoms with Gasteiger partial charge in [0.05, 0.1) is 7.11 Å². The van der Waals surface area contributed by atoms with Gasteiger partial charge in [0.15, 0.2) is 11.5 Å². The summed E-state index contributed by atoms with van der Waals surface area (Å²) in [4.78, 5) is 26.6. The Bertz CT molecular complexity index is 1010. The number of hydrogen-bond donors (Lipinski definition) is 1. The number of methoxy groups -OCH3 is 1. The summed E-state index contributed by atoms with van der Waals surface area (Å²) in [5, 5.41) is 2.69. The molecule has 1 aliphatic heterocycles. The molecule has 1 aliphatic carbocycles. The number of ether oxygens (including phenoxy) is 2. The van der Waals surface area contributed by atoms with Gasteiger partial charge in [-0.3, -0.25) is 9.69 Å².